The summed E-state index contributed by atoms with van der Waals surface area (Å²) in [5.74, 6) is 0.170. The maximum absolute atomic E-state index is 11.9. The topological polar surface area (TPSA) is 35.6 Å². The molecule has 0 aliphatic carbocycles. The normalized spacial score (nSPS) is 10.6. The molecule has 4 nitrogen and oxygen atoms in total. The summed E-state index contributed by atoms with van der Waals surface area (Å²) in [6, 6.07) is 0. The second-order valence-corrected chi connectivity index (χ2v) is 4.21. The molecule has 0 aromatic rings. The summed E-state index contributed by atoms with van der Waals surface area (Å²) in [6.45, 7) is 11.4. The van der Waals surface area contributed by atoms with Crippen LogP contribution in [0.2, 0.25) is 0 Å². The highest BCUT2D eigenvalue weighted by Crippen LogP contribution is 1.97. The number of rotatable bonds is 8. The fourth-order valence-corrected chi connectivity index (χ4v) is 1.41. The van der Waals surface area contributed by atoms with Gasteiger partial charge in [-0.1, -0.05) is 12.2 Å². The fraction of sp³-hybridized carbons (Fsp3) is 0.750. The summed E-state index contributed by atoms with van der Waals surface area (Å²) in [5.41, 5.74) is 1.02. The van der Waals surface area contributed by atoms with Crippen LogP contribution in [0, 0.1) is 0 Å². The zero-order valence-corrected chi connectivity index (χ0v) is 11.0. The van der Waals surface area contributed by atoms with E-state index >= 15 is 0 Å². The highest BCUT2D eigenvalue weighted by Gasteiger charge is 2.13. The third kappa shape index (κ3) is 6.58. The molecule has 0 saturated carbocycles. The van der Waals surface area contributed by atoms with E-state index in [-0.39, 0.29) is 5.91 Å². The number of likely N-dealkylation sites (N-methyl/N-ethyl adjacent to an activating group) is 3. The van der Waals surface area contributed by atoms with Crippen molar-refractivity contribution in [2.45, 2.75) is 13.8 Å². The summed E-state index contributed by atoms with van der Waals surface area (Å²) in [5, 5.41) is 3.07. The van der Waals surface area contributed by atoms with Gasteiger partial charge in [0.15, 0.2) is 0 Å². The third-order valence-corrected chi connectivity index (χ3v) is 2.34. The molecule has 0 bridgehead atoms. The molecule has 0 rings (SSSR count). The van der Waals surface area contributed by atoms with E-state index in [1.54, 1.807) is 0 Å². The lowest BCUT2D eigenvalue weighted by Gasteiger charge is -2.24. The van der Waals surface area contributed by atoms with Gasteiger partial charge in [-0.3, -0.25) is 9.69 Å². The number of hydrogen-bond acceptors (Lipinski definition) is 3. The SMILES string of the molecule is C=C(C)CN(CC)C(=O)CN(C)CCNC. The monoisotopic (exact) mass is 227 g/mol. The zero-order valence-electron chi connectivity index (χ0n) is 11.0. The molecule has 0 aliphatic rings. The minimum atomic E-state index is 0.170. The van der Waals surface area contributed by atoms with Crippen LogP contribution in [-0.4, -0.2) is 62.5 Å². The highest BCUT2D eigenvalue weighted by molar-refractivity contribution is 5.78. The van der Waals surface area contributed by atoms with Crippen LogP contribution in [0.25, 0.3) is 0 Å². The van der Waals surface area contributed by atoms with Crippen molar-refractivity contribution < 1.29 is 4.79 Å². The molecule has 0 aromatic carbocycles. The van der Waals surface area contributed by atoms with E-state index in [4.69, 9.17) is 0 Å². The van der Waals surface area contributed by atoms with Gasteiger partial charge in [0.05, 0.1) is 6.54 Å². The third-order valence-electron chi connectivity index (χ3n) is 2.34. The average Bonchev–Trinajstić information content (AvgIpc) is 2.22. The Morgan fingerprint density at radius 3 is 2.44 bits per heavy atom. The Morgan fingerprint density at radius 2 is 2.00 bits per heavy atom. The van der Waals surface area contributed by atoms with Gasteiger partial charge in [0.1, 0.15) is 0 Å². The smallest absolute Gasteiger partial charge is 0.237 e. The minimum Gasteiger partial charge on any atom is -0.338 e. The van der Waals surface area contributed by atoms with Crippen LogP contribution in [0.5, 0.6) is 0 Å². The molecule has 0 aliphatic heterocycles. The first-order chi connectivity index (χ1) is 7.51. The van der Waals surface area contributed by atoms with Crippen LogP contribution in [-0.2, 0) is 4.79 Å². The summed E-state index contributed by atoms with van der Waals surface area (Å²) < 4.78 is 0. The number of nitrogens with one attached hydrogen (secondary N) is 1. The van der Waals surface area contributed by atoms with Gasteiger partial charge in [0.25, 0.3) is 0 Å². The number of hydrogen-bond donors (Lipinski definition) is 1. The minimum absolute atomic E-state index is 0.170. The molecular formula is C12H25N3O. The first-order valence-electron chi connectivity index (χ1n) is 5.76. The fourth-order valence-electron chi connectivity index (χ4n) is 1.41. The van der Waals surface area contributed by atoms with E-state index in [1.165, 1.54) is 0 Å². The molecule has 1 N–H and O–H groups in total. The van der Waals surface area contributed by atoms with Gasteiger partial charge >= 0.3 is 0 Å². The maximum Gasteiger partial charge on any atom is 0.237 e. The van der Waals surface area contributed by atoms with E-state index in [9.17, 15) is 4.79 Å². The van der Waals surface area contributed by atoms with Crippen molar-refractivity contribution in [3.8, 4) is 0 Å². The molecule has 94 valence electrons. The standard InChI is InChI=1S/C12H25N3O/c1-6-15(9-11(2)3)12(16)10-14(5)8-7-13-4/h13H,2,6-10H2,1,3-5H3. The van der Waals surface area contributed by atoms with Crippen LogP contribution in [0.4, 0.5) is 0 Å². The lowest BCUT2D eigenvalue weighted by atomic mass is 10.3. The molecular weight excluding hydrogens is 202 g/mol. The first-order valence-corrected chi connectivity index (χ1v) is 5.76. The molecule has 0 spiro atoms. The molecule has 0 heterocycles. The molecule has 0 fully saturated rings. The predicted octanol–water partition coefficient (Wildman–Crippen LogP) is 0.562. The van der Waals surface area contributed by atoms with Crippen LogP contribution < -0.4 is 5.32 Å². The molecule has 1 amide bonds. The number of amides is 1. The first kappa shape index (κ1) is 15.1. The average molecular weight is 227 g/mol. The second kappa shape index (κ2) is 8.30. The molecule has 0 radical (unpaired) electrons. The van der Waals surface area contributed by atoms with Crippen molar-refractivity contribution in [2.75, 3.05) is 46.8 Å². The molecule has 16 heavy (non-hydrogen) atoms. The molecule has 0 aromatic heterocycles. The molecule has 4 heteroatoms. The van der Waals surface area contributed by atoms with Crippen LogP contribution in [0.1, 0.15) is 13.8 Å². The number of carbonyl (C=O) groups is 1. The van der Waals surface area contributed by atoms with Crippen LogP contribution in [0.3, 0.4) is 0 Å². The number of nitrogens with zero attached hydrogens (tertiary/aromatic N) is 2. The Labute approximate surface area is 99.3 Å². The Kier molecular flexibility index (Phi) is 7.85. The van der Waals surface area contributed by atoms with Crippen molar-refractivity contribution in [2.24, 2.45) is 0 Å². The van der Waals surface area contributed by atoms with Crippen molar-refractivity contribution >= 4 is 5.91 Å². The van der Waals surface area contributed by atoms with Crippen molar-refractivity contribution in [1.29, 1.82) is 0 Å². The highest BCUT2D eigenvalue weighted by atomic mass is 16.2. The van der Waals surface area contributed by atoms with Crippen molar-refractivity contribution in [3.05, 3.63) is 12.2 Å². The quantitative estimate of drug-likeness (QED) is 0.616. The van der Waals surface area contributed by atoms with E-state index in [2.05, 4.69) is 11.9 Å². The maximum atomic E-state index is 11.9. The van der Waals surface area contributed by atoms with Crippen molar-refractivity contribution in [1.82, 2.24) is 15.1 Å². The molecule has 0 unspecified atom stereocenters. The Hall–Kier alpha value is -0.870. The summed E-state index contributed by atoms with van der Waals surface area (Å²) in [4.78, 5) is 15.8. The summed E-state index contributed by atoms with van der Waals surface area (Å²) >= 11 is 0. The largest absolute Gasteiger partial charge is 0.338 e. The van der Waals surface area contributed by atoms with Gasteiger partial charge in [-0.15, -0.1) is 0 Å². The van der Waals surface area contributed by atoms with Crippen molar-refractivity contribution in [3.63, 3.8) is 0 Å². The Balaban J connectivity index is 4.04. The van der Waals surface area contributed by atoms with Gasteiger partial charge in [-0.25, -0.2) is 0 Å². The van der Waals surface area contributed by atoms with Gasteiger partial charge < -0.3 is 10.2 Å². The predicted molar refractivity (Wildman–Crippen MR) is 68.5 cm³/mol. The lowest BCUT2D eigenvalue weighted by Crippen LogP contribution is -2.41. The zero-order chi connectivity index (χ0) is 12.6. The van der Waals surface area contributed by atoms with Gasteiger partial charge in [-0.05, 0) is 27.9 Å². The second-order valence-electron chi connectivity index (χ2n) is 4.21. The Bertz CT molecular complexity index is 228. The molecule has 0 atom stereocenters. The number of carbonyl (C=O) groups excluding carboxylic acids is 1. The van der Waals surface area contributed by atoms with Crippen LogP contribution >= 0.6 is 0 Å². The van der Waals surface area contributed by atoms with E-state index in [0.717, 1.165) is 25.2 Å². The Morgan fingerprint density at radius 1 is 1.38 bits per heavy atom. The van der Waals surface area contributed by atoms with E-state index in [0.29, 0.717) is 13.1 Å². The van der Waals surface area contributed by atoms with Crippen LogP contribution in [0.15, 0.2) is 12.2 Å². The molecule has 0 saturated heterocycles. The lowest BCUT2D eigenvalue weighted by molar-refractivity contribution is -0.131. The van der Waals surface area contributed by atoms with E-state index < -0.39 is 0 Å². The van der Waals surface area contributed by atoms with Gasteiger partial charge in [-0.2, -0.15) is 0 Å². The van der Waals surface area contributed by atoms with E-state index in [1.807, 2.05) is 37.7 Å². The summed E-state index contributed by atoms with van der Waals surface area (Å²) in [6.07, 6.45) is 0. The van der Waals surface area contributed by atoms with Gasteiger partial charge in [0, 0.05) is 26.2 Å². The van der Waals surface area contributed by atoms with Gasteiger partial charge in [0.2, 0.25) is 5.91 Å². The summed E-state index contributed by atoms with van der Waals surface area (Å²) in [7, 11) is 3.87.